The van der Waals surface area contributed by atoms with Gasteiger partial charge in [-0.2, -0.15) is 0 Å². The van der Waals surface area contributed by atoms with Crippen LogP contribution in [-0.2, 0) is 15.8 Å². The number of ether oxygens (including phenoxy) is 1. The Balaban J connectivity index is 1.57. The summed E-state index contributed by atoms with van der Waals surface area (Å²) in [5.41, 5.74) is 2.03. The summed E-state index contributed by atoms with van der Waals surface area (Å²) >= 11 is 13.7. The molecule has 0 amide bonds. The van der Waals surface area contributed by atoms with Gasteiger partial charge >= 0.3 is 0 Å². The van der Waals surface area contributed by atoms with Gasteiger partial charge in [-0.1, -0.05) is 53.2 Å². The summed E-state index contributed by atoms with van der Waals surface area (Å²) in [4.78, 5) is 4.46. The molecule has 1 aromatic heterocycles. The first-order valence-electron chi connectivity index (χ1n) is 8.99. The molecular formula is C21H16Cl2N2O4S2. The van der Waals surface area contributed by atoms with Gasteiger partial charge in [0.05, 0.1) is 17.7 Å². The van der Waals surface area contributed by atoms with Crippen LogP contribution < -0.4 is 9.46 Å². The molecule has 0 unspecified atom stereocenters. The van der Waals surface area contributed by atoms with E-state index in [1.807, 2.05) is 0 Å². The van der Waals surface area contributed by atoms with Gasteiger partial charge in [-0.15, -0.1) is 0 Å². The van der Waals surface area contributed by atoms with Crippen LogP contribution >= 0.6 is 35.0 Å². The van der Waals surface area contributed by atoms with Gasteiger partial charge in [0.15, 0.2) is 5.58 Å². The molecule has 0 saturated heterocycles. The molecule has 6 nitrogen and oxygen atoms in total. The third-order valence-corrected chi connectivity index (χ3v) is 7.33. The van der Waals surface area contributed by atoms with Crippen LogP contribution in [0, 0.1) is 0 Å². The lowest BCUT2D eigenvalue weighted by molar-refractivity contribution is 0.417. The van der Waals surface area contributed by atoms with Crippen LogP contribution in [0.1, 0.15) is 5.56 Å². The molecule has 0 bridgehead atoms. The third kappa shape index (κ3) is 4.77. The molecule has 0 spiro atoms. The number of nitrogens with one attached hydrogen (secondary N) is 1. The van der Waals surface area contributed by atoms with Crippen LogP contribution in [0.25, 0.3) is 11.1 Å². The van der Waals surface area contributed by atoms with E-state index >= 15 is 0 Å². The Kier molecular flexibility index (Phi) is 6.34. The van der Waals surface area contributed by atoms with E-state index in [2.05, 4.69) is 9.71 Å². The van der Waals surface area contributed by atoms with Crippen molar-refractivity contribution in [2.75, 3.05) is 11.8 Å². The second-order valence-electron chi connectivity index (χ2n) is 6.40. The van der Waals surface area contributed by atoms with E-state index in [1.54, 1.807) is 48.5 Å². The van der Waals surface area contributed by atoms with E-state index in [0.29, 0.717) is 43.6 Å². The summed E-state index contributed by atoms with van der Waals surface area (Å²) in [5, 5.41) is 1.51. The number of hydrogen-bond donors (Lipinski definition) is 1. The number of anilines is 1. The molecule has 160 valence electrons. The van der Waals surface area contributed by atoms with Gasteiger partial charge in [0.25, 0.3) is 15.2 Å². The molecule has 4 aromatic rings. The molecule has 0 fully saturated rings. The van der Waals surface area contributed by atoms with E-state index in [0.717, 1.165) is 5.56 Å². The lowest BCUT2D eigenvalue weighted by atomic mass is 10.2. The maximum Gasteiger partial charge on any atom is 0.262 e. The number of oxazole rings is 1. The Morgan fingerprint density at radius 1 is 1.06 bits per heavy atom. The van der Waals surface area contributed by atoms with Crippen LogP contribution in [0.2, 0.25) is 10.0 Å². The second-order valence-corrected chi connectivity index (χ2v) is 9.83. The summed E-state index contributed by atoms with van der Waals surface area (Å²) in [6, 6.07) is 16.6. The lowest BCUT2D eigenvalue weighted by Crippen LogP contribution is -2.13. The van der Waals surface area contributed by atoms with Crippen molar-refractivity contribution in [1.29, 1.82) is 0 Å². The highest BCUT2D eigenvalue weighted by molar-refractivity contribution is 7.98. The zero-order valence-corrected chi connectivity index (χ0v) is 19.3. The van der Waals surface area contributed by atoms with Gasteiger partial charge in [-0.05, 0) is 48.0 Å². The number of benzene rings is 3. The van der Waals surface area contributed by atoms with E-state index < -0.39 is 10.0 Å². The van der Waals surface area contributed by atoms with Crippen LogP contribution in [0.5, 0.6) is 5.75 Å². The Morgan fingerprint density at radius 2 is 1.81 bits per heavy atom. The number of nitrogens with zero attached hydrogens (tertiary/aromatic N) is 1. The predicted octanol–water partition coefficient (Wildman–Crippen LogP) is 6.24. The van der Waals surface area contributed by atoms with Crippen molar-refractivity contribution < 1.29 is 17.6 Å². The molecule has 10 heteroatoms. The fourth-order valence-electron chi connectivity index (χ4n) is 2.85. The molecule has 0 aliphatic carbocycles. The van der Waals surface area contributed by atoms with E-state index in [-0.39, 0.29) is 4.90 Å². The Hall–Kier alpha value is -2.39. The number of rotatable bonds is 7. The van der Waals surface area contributed by atoms with Gasteiger partial charge in [0, 0.05) is 15.8 Å². The Labute approximate surface area is 193 Å². The molecule has 0 aliphatic heterocycles. The van der Waals surface area contributed by atoms with Crippen molar-refractivity contribution in [2.24, 2.45) is 0 Å². The highest BCUT2D eigenvalue weighted by Crippen LogP contribution is 2.33. The summed E-state index contributed by atoms with van der Waals surface area (Å²) < 4.78 is 39.2. The first kappa shape index (κ1) is 21.8. The van der Waals surface area contributed by atoms with Crippen LogP contribution in [0.15, 0.2) is 75.2 Å². The van der Waals surface area contributed by atoms with Crippen molar-refractivity contribution in [1.82, 2.24) is 4.98 Å². The van der Waals surface area contributed by atoms with Crippen molar-refractivity contribution >= 4 is 61.8 Å². The lowest BCUT2D eigenvalue weighted by Gasteiger charge is -2.11. The number of halogens is 2. The average molecular weight is 495 g/mol. The van der Waals surface area contributed by atoms with E-state index in [9.17, 15) is 8.42 Å². The number of aromatic nitrogens is 1. The topological polar surface area (TPSA) is 81.4 Å². The molecule has 3 aromatic carbocycles. The average Bonchev–Trinajstić information content (AvgIpc) is 3.15. The molecule has 1 heterocycles. The van der Waals surface area contributed by atoms with Crippen molar-refractivity contribution in [2.45, 2.75) is 15.9 Å². The van der Waals surface area contributed by atoms with Gasteiger partial charge in [0.2, 0.25) is 0 Å². The smallest absolute Gasteiger partial charge is 0.262 e. The van der Waals surface area contributed by atoms with Gasteiger partial charge in [-0.25, -0.2) is 13.4 Å². The fourth-order valence-corrected chi connectivity index (χ4v) is 5.52. The molecule has 0 aliphatic rings. The molecule has 0 atom stereocenters. The summed E-state index contributed by atoms with van der Waals surface area (Å²) in [6.07, 6.45) is 0. The summed E-state index contributed by atoms with van der Waals surface area (Å²) in [5.74, 6) is 0.886. The highest BCUT2D eigenvalue weighted by atomic mass is 35.5. The number of sulfonamides is 1. The zero-order valence-electron chi connectivity index (χ0n) is 16.1. The van der Waals surface area contributed by atoms with Crippen LogP contribution in [0.4, 0.5) is 5.69 Å². The van der Waals surface area contributed by atoms with Crippen LogP contribution in [0.3, 0.4) is 0 Å². The number of fused-ring (bicyclic) bond motifs is 1. The molecule has 31 heavy (non-hydrogen) atoms. The molecule has 0 radical (unpaired) electrons. The number of thioether (sulfide) groups is 1. The second kappa shape index (κ2) is 9.00. The zero-order chi connectivity index (χ0) is 22.0. The minimum absolute atomic E-state index is 0.0601. The SMILES string of the molecule is COc1ccccc1NS(=O)(=O)c1ccc2oc(SCc3c(Cl)cccc3Cl)nc2c1. The highest BCUT2D eigenvalue weighted by Gasteiger charge is 2.19. The molecule has 4 rings (SSSR count). The first-order valence-corrected chi connectivity index (χ1v) is 12.2. The van der Waals surface area contributed by atoms with Crippen molar-refractivity contribution in [3.63, 3.8) is 0 Å². The molecule has 1 N–H and O–H groups in total. The largest absolute Gasteiger partial charge is 0.495 e. The van der Waals surface area contributed by atoms with Crippen molar-refractivity contribution in [3.05, 3.63) is 76.3 Å². The van der Waals surface area contributed by atoms with E-state index in [4.69, 9.17) is 32.4 Å². The van der Waals surface area contributed by atoms with Crippen molar-refractivity contribution in [3.8, 4) is 5.75 Å². The summed E-state index contributed by atoms with van der Waals surface area (Å²) in [7, 11) is -2.37. The van der Waals surface area contributed by atoms with Gasteiger partial charge in [0.1, 0.15) is 11.3 Å². The normalized spacial score (nSPS) is 11.6. The monoisotopic (exact) mass is 494 g/mol. The van der Waals surface area contributed by atoms with Gasteiger partial charge < -0.3 is 9.15 Å². The maximum atomic E-state index is 12.8. The maximum absolute atomic E-state index is 12.8. The minimum atomic E-state index is -3.85. The predicted molar refractivity (Wildman–Crippen MR) is 124 cm³/mol. The van der Waals surface area contributed by atoms with E-state index in [1.165, 1.54) is 31.0 Å². The summed E-state index contributed by atoms with van der Waals surface area (Å²) in [6.45, 7) is 0. The third-order valence-electron chi connectivity index (χ3n) is 4.40. The molecule has 0 saturated carbocycles. The molecular weight excluding hydrogens is 479 g/mol. The Bertz CT molecular complexity index is 1340. The minimum Gasteiger partial charge on any atom is -0.495 e. The standard InChI is InChI=1S/C21H16Cl2N2O4S2/c1-28-19-8-3-2-7-17(19)25-31(26,27)13-9-10-20-18(11-13)24-21(29-20)30-12-14-15(22)5-4-6-16(14)23/h2-11,25H,12H2,1H3. The number of para-hydroxylation sites is 2. The number of hydrogen-bond acceptors (Lipinski definition) is 6. The first-order chi connectivity index (χ1) is 14.9. The van der Waals surface area contributed by atoms with Gasteiger partial charge in [-0.3, -0.25) is 4.72 Å². The Morgan fingerprint density at radius 3 is 2.55 bits per heavy atom. The quantitative estimate of drug-likeness (QED) is 0.306. The number of methoxy groups -OCH3 is 1. The fraction of sp³-hybridized carbons (Fsp3) is 0.0952. The van der Waals surface area contributed by atoms with Crippen LogP contribution in [-0.4, -0.2) is 20.5 Å².